The van der Waals surface area contributed by atoms with Crippen molar-refractivity contribution in [3.8, 4) is 16.9 Å². The number of hydrogen-bond donors (Lipinski definition) is 1. The Labute approximate surface area is 179 Å². The van der Waals surface area contributed by atoms with E-state index in [0.717, 1.165) is 22.5 Å². The van der Waals surface area contributed by atoms with Gasteiger partial charge in [-0.2, -0.15) is 5.10 Å². The molecule has 0 atom stereocenters. The van der Waals surface area contributed by atoms with Gasteiger partial charge in [0.2, 0.25) is 5.91 Å². The average molecular weight is 424 g/mol. The normalized spacial score (nSPS) is 13.7. The Hall–Kier alpha value is -3.16. The van der Waals surface area contributed by atoms with E-state index in [0.29, 0.717) is 24.7 Å². The van der Waals surface area contributed by atoms with Gasteiger partial charge in [0.15, 0.2) is 0 Å². The van der Waals surface area contributed by atoms with Crippen molar-refractivity contribution < 1.29 is 9.59 Å². The molecule has 0 saturated carbocycles. The second-order valence-corrected chi connectivity index (χ2v) is 7.68. The number of urea groups is 1. The molecule has 1 aliphatic rings. The Kier molecular flexibility index (Phi) is 5.83. The topological polar surface area (TPSA) is 70.5 Å². The molecule has 1 N–H and O–H groups in total. The Morgan fingerprint density at radius 1 is 1.17 bits per heavy atom. The summed E-state index contributed by atoms with van der Waals surface area (Å²) in [5.74, 6) is -0.212. The maximum Gasteiger partial charge on any atom is 0.324 e. The summed E-state index contributed by atoms with van der Waals surface area (Å²) in [4.78, 5) is 27.3. The summed E-state index contributed by atoms with van der Waals surface area (Å²) in [6.07, 6.45) is 1.98. The minimum Gasteiger partial charge on any atom is -0.336 e. The van der Waals surface area contributed by atoms with Crippen LogP contribution in [0.5, 0.6) is 0 Å². The molecule has 1 aromatic heterocycles. The molecule has 3 aromatic rings. The summed E-state index contributed by atoms with van der Waals surface area (Å²) < 4.78 is 1.84. The molecule has 2 heterocycles. The van der Waals surface area contributed by atoms with E-state index in [1.165, 1.54) is 4.90 Å². The van der Waals surface area contributed by atoms with Crippen molar-refractivity contribution in [2.24, 2.45) is 0 Å². The molecule has 154 valence electrons. The Balaban J connectivity index is 1.59. The number of imide groups is 1. The number of halogens is 1. The summed E-state index contributed by atoms with van der Waals surface area (Å²) in [6.45, 7) is 1.56. The van der Waals surface area contributed by atoms with Crippen molar-refractivity contribution in [2.45, 2.75) is 6.54 Å². The van der Waals surface area contributed by atoms with E-state index in [1.807, 2.05) is 77.4 Å². The molecule has 0 spiro atoms. The second kappa shape index (κ2) is 8.69. The minimum atomic E-state index is -0.327. The van der Waals surface area contributed by atoms with Crippen LogP contribution in [0, 0.1) is 0 Å². The van der Waals surface area contributed by atoms with Gasteiger partial charge >= 0.3 is 6.03 Å². The van der Waals surface area contributed by atoms with Gasteiger partial charge in [0, 0.05) is 42.0 Å². The predicted molar refractivity (Wildman–Crippen MR) is 115 cm³/mol. The zero-order valence-electron chi connectivity index (χ0n) is 16.6. The third-order valence-corrected chi connectivity index (χ3v) is 5.18. The van der Waals surface area contributed by atoms with Crippen LogP contribution in [0.15, 0.2) is 60.8 Å². The van der Waals surface area contributed by atoms with Crippen molar-refractivity contribution in [1.82, 2.24) is 24.9 Å². The number of rotatable bonds is 6. The highest BCUT2D eigenvalue weighted by Crippen LogP contribution is 2.26. The number of likely N-dealkylation sites (N-methyl/N-ethyl adjacent to an activating group) is 1. The quantitative estimate of drug-likeness (QED) is 0.661. The lowest BCUT2D eigenvalue weighted by Gasteiger charge is -2.19. The lowest BCUT2D eigenvalue weighted by Crippen LogP contribution is -2.40. The van der Waals surface area contributed by atoms with Crippen molar-refractivity contribution in [3.05, 3.63) is 71.4 Å². The number of aromatic nitrogens is 2. The first-order valence-corrected chi connectivity index (χ1v) is 10.1. The van der Waals surface area contributed by atoms with Crippen LogP contribution in [-0.2, 0) is 11.3 Å². The van der Waals surface area contributed by atoms with Crippen molar-refractivity contribution in [1.29, 1.82) is 0 Å². The average Bonchev–Trinajstić information content (AvgIpc) is 3.35. The lowest BCUT2D eigenvalue weighted by atomic mass is 10.1. The van der Waals surface area contributed by atoms with Crippen molar-refractivity contribution >= 4 is 23.5 Å². The predicted octanol–water partition coefficient (Wildman–Crippen LogP) is 3.18. The van der Waals surface area contributed by atoms with Crippen LogP contribution in [-0.4, -0.2) is 58.2 Å². The van der Waals surface area contributed by atoms with E-state index < -0.39 is 0 Å². The summed E-state index contributed by atoms with van der Waals surface area (Å²) in [5.41, 5.74) is 3.70. The molecule has 0 unspecified atom stereocenters. The fraction of sp³-hybridized carbons (Fsp3) is 0.227. The van der Waals surface area contributed by atoms with Gasteiger partial charge in [-0.05, 0) is 31.3 Å². The van der Waals surface area contributed by atoms with Crippen molar-refractivity contribution in [3.63, 3.8) is 0 Å². The number of hydrogen-bond acceptors (Lipinski definition) is 4. The fourth-order valence-corrected chi connectivity index (χ4v) is 3.59. The zero-order valence-corrected chi connectivity index (χ0v) is 17.3. The van der Waals surface area contributed by atoms with Crippen LogP contribution in [0.4, 0.5) is 4.79 Å². The standard InChI is InChI=1S/C22H22ClN5O2/c1-26(15-20(29)27-12-11-24-22(27)30)13-17-14-28(19-5-3-2-4-6-19)25-21(17)16-7-9-18(23)10-8-16/h2-10,14H,11-13,15H2,1H3,(H,24,30). The summed E-state index contributed by atoms with van der Waals surface area (Å²) in [5, 5.41) is 8.10. The molecule has 7 nitrogen and oxygen atoms in total. The summed E-state index contributed by atoms with van der Waals surface area (Å²) >= 11 is 6.05. The number of amides is 3. The second-order valence-electron chi connectivity index (χ2n) is 7.24. The van der Waals surface area contributed by atoms with E-state index in [-0.39, 0.29) is 18.5 Å². The summed E-state index contributed by atoms with van der Waals surface area (Å²) in [6, 6.07) is 17.1. The van der Waals surface area contributed by atoms with Crippen LogP contribution in [0.3, 0.4) is 0 Å². The Bertz CT molecular complexity index is 1050. The van der Waals surface area contributed by atoms with Gasteiger partial charge in [-0.1, -0.05) is 41.9 Å². The van der Waals surface area contributed by atoms with Gasteiger partial charge in [0.25, 0.3) is 0 Å². The van der Waals surface area contributed by atoms with E-state index in [1.54, 1.807) is 0 Å². The molecule has 1 aliphatic heterocycles. The maximum atomic E-state index is 12.5. The van der Waals surface area contributed by atoms with E-state index in [4.69, 9.17) is 16.7 Å². The van der Waals surface area contributed by atoms with Crippen LogP contribution in [0.25, 0.3) is 16.9 Å². The third kappa shape index (κ3) is 4.37. The minimum absolute atomic E-state index is 0.143. The van der Waals surface area contributed by atoms with Gasteiger partial charge in [0.05, 0.1) is 17.9 Å². The fourth-order valence-electron chi connectivity index (χ4n) is 3.46. The number of nitrogens with zero attached hydrogens (tertiary/aromatic N) is 4. The largest absolute Gasteiger partial charge is 0.336 e. The molecule has 3 amide bonds. The molecule has 30 heavy (non-hydrogen) atoms. The molecule has 2 aromatic carbocycles. The number of carbonyl (C=O) groups is 2. The zero-order chi connectivity index (χ0) is 21.1. The molecular weight excluding hydrogens is 402 g/mol. The summed E-state index contributed by atoms with van der Waals surface area (Å²) in [7, 11) is 1.86. The van der Waals surface area contributed by atoms with Crippen molar-refractivity contribution in [2.75, 3.05) is 26.7 Å². The van der Waals surface area contributed by atoms with Gasteiger partial charge in [-0.25, -0.2) is 9.48 Å². The number of benzene rings is 2. The first kappa shape index (κ1) is 20.1. The molecule has 8 heteroatoms. The number of nitrogens with one attached hydrogen (secondary N) is 1. The lowest BCUT2D eigenvalue weighted by molar-refractivity contribution is -0.128. The highest BCUT2D eigenvalue weighted by atomic mass is 35.5. The van der Waals surface area contributed by atoms with E-state index in [9.17, 15) is 9.59 Å². The molecule has 0 bridgehead atoms. The van der Waals surface area contributed by atoms with Gasteiger partial charge in [-0.3, -0.25) is 14.6 Å². The van der Waals surface area contributed by atoms with E-state index in [2.05, 4.69) is 5.32 Å². The SMILES string of the molecule is CN(CC(=O)N1CCNC1=O)Cc1cn(-c2ccccc2)nc1-c1ccc(Cl)cc1. The van der Waals surface area contributed by atoms with Gasteiger partial charge in [0.1, 0.15) is 0 Å². The Morgan fingerprint density at radius 3 is 2.57 bits per heavy atom. The van der Waals surface area contributed by atoms with Crippen LogP contribution in [0.2, 0.25) is 5.02 Å². The highest BCUT2D eigenvalue weighted by Gasteiger charge is 2.27. The van der Waals surface area contributed by atoms with Crippen LogP contribution in [0.1, 0.15) is 5.56 Å². The monoisotopic (exact) mass is 423 g/mol. The molecule has 4 rings (SSSR count). The van der Waals surface area contributed by atoms with Gasteiger partial charge < -0.3 is 5.32 Å². The van der Waals surface area contributed by atoms with Crippen LogP contribution >= 0.6 is 11.6 Å². The molecule has 1 saturated heterocycles. The first-order valence-electron chi connectivity index (χ1n) is 9.68. The van der Waals surface area contributed by atoms with Gasteiger partial charge in [-0.15, -0.1) is 0 Å². The number of para-hydroxylation sites is 1. The molecule has 1 fully saturated rings. The highest BCUT2D eigenvalue weighted by molar-refractivity contribution is 6.30. The molecular formula is C22H22ClN5O2. The third-order valence-electron chi connectivity index (χ3n) is 4.93. The first-order chi connectivity index (χ1) is 14.5. The van der Waals surface area contributed by atoms with E-state index >= 15 is 0 Å². The smallest absolute Gasteiger partial charge is 0.324 e. The van der Waals surface area contributed by atoms with Crippen LogP contribution < -0.4 is 5.32 Å². The number of carbonyl (C=O) groups excluding carboxylic acids is 2. The maximum absolute atomic E-state index is 12.5. The Morgan fingerprint density at radius 2 is 1.90 bits per heavy atom. The molecule has 0 radical (unpaired) electrons. The molecule has 0 aliphatic carbocycles.